The molecule has 0 unspecified atom stereocenters. The van der Waals surface area contributed by atoms with Crippen LogP contribution in [0.4, 0.5) is 0 Å². The van der Waals surface area contributed by atoms with Crippen LogP contribution in [0.15, 0.2) is 30.3 Å². The van der Waals surface area contributed by atoms with Crippen LogP contribution >= 0.6 is 0 Å². The van der Waals surface area contributed by atoms with E-state index in [0.29, 0.717) is 26.4 Å². The first-order chi connectivity index (χ1) is 10.0. The van der Waals surface area contributed by atoms with Crippen LogP contribution in [-0.4, -0.2) is 55.6 Å². The summed E-state index contributed by atoms with van der Waals surface area (Å²) in [5.41, 5.74) is 1.25. The molecule has 1 aromatic rings. The summed E-state index contributed by atoms with van der Waals surface area (Å²) in [5.74, 6) is 0. The lowest BCUT2D eigenvalue weighted by molar-refractivity contribution is -0.0193. The SMILES string of the molecule is CC(C)OCCOC[C@@H](O)CN(C)[C@H](C)c1ccccc1. The van der Waals surface area contributed by atoms with Crippen LogP contribution in [0.3, 0.4) is 0 Å². The maximum atomic E-state index is 10.0. The fourth-order valence-electron chi connectivity index (χ4n) is 2.09. The second-order valence-corrected chi connectivity index (χ2v) is 5.67. The molecule has 0 aliphatic heterocycles. The molecule has 4 heteroatoms. The van der Waals surface area contributed by atoms with E-state index in [1.807, 2.05) is 39.1 Å². The molecule has 0 aromatic heterocycles. The van der Waals surface area contributed by atoms with Gasteiger partial charge in [0.2, 0.25) is 0 Å². The minimum atomic E-state index is -0.486. The van der Waals surface area contributed by atoms with Crippen molar-refractivity contribution in [3.63, 3.8) is 0 Å². The van der Waals surface area contributed by atoms with Crippen molar-refractivity contribution in [1.82, 2.24) is 4.90 Å². The molecule has 0 aliphatic carbocycles. The highest BCUT2D eigenvalue weighted by molar-refractivity contribution is 5.18. The van der Waals surface area contributed by atoms with Gasteiger partial charge in [-0.05, 0) is 33.4 Å². The number of nitrogens with zero attached hydrogens (tertiary/aromatic N) is 1. The maximum Gasteiger partial charge on any atom is 0.0900 e. The molecule has 4 nitrogen and oxygen atoms in total. The molecular formula is C17H29NO3. The van der Waals surface area contributed by atoms with E-state index in [1.54, 1.807) is 0 Å². The molecule has 120 valence electrons. The van der Waals surface area contributed by atoms with Crippen molar-refractivity contribution in [2.24, 2.45) is 0 Å². The Kier molecular flexibility index (Phi) is 8.54. The van der Waals surface area contributed by atoms with Gasteiger partial charge in [0.05, 0.1) is 32.0 Å². The summed E-state index contributed by atoms with van der Waals surface area (Å²) < 4.78 is 10.8. The van der Waals surface area contributed by atoms with Crippen LogP contribution in [0.25, 0.3) is 0 Å². The lowest BCUT2D eigenvalue weighted by Crippen LogP contribution is -2.34. The summed E-state index contributed by atoms with van der Waals surface area (Å²) in [6.45, 7) is 8.14. The first-order valence-corrected chi connectivity index (χ1v) is 7.63. The first-order valence-electron chi connectivity index (χ1n) is 7.63. The van der Waals surface area contributed by atoms with Crippen molar-refractivity contribution in [2.75, 3.05) is 33.4 Å². The Hall–Kier alpha value is -0.940. The lowest BCUT2D eigenvalue weighted by Gasteiger charge is -2.27. The quantitative estimate of drug-likeness (QED) is 0.673. The molecule has 0 fully saturated rings. The summed E-state index contributed by atoms with van der Waals surface area (Å²) in [4.78, 5) is 2.13. The Labute approximate surface area is 128 Å². The predicted molar refractivity (Wildman–Crippen MR) is 85.4 cm³/mol. The third kappa shape index (κ3) is 7.58. The maximum absolute atomic E-state index is 10.0. The standard InChI is InChI=1S/C17H29NO3/c1-14(2)21-11-10-20-13-17(19)12-18(4)15(3)16-8-6-5-7-9-16/h5-9,14-15,17,19H,10-13H2,1-4H3/t15-,17+/m1/s1. The van der Waals surface area contributed by atoms with Crippen LogP contribution in [0.5, 0.6) is 0 Å². The number of aliphatic hydroxyl groups is 1. The smallest absolute Gasteiger partial charge is 0.0900 e. The van der Waals surface area contributed by atoms with E-state index in [-0.39, 0.29) is 12.1 Å². The largest absolute Gasteiger partial charge is 0.389 e. The number of hydrogen-bond donors (Lipinski definition) is 1. The number of hydrogen-bond acceptors (Lipinski definition) is 4. The normalized spacial score (nSPS) is 14.6. The molecular weight excluding hydrogens is 266 g/mol. The van der Waals surface area contributed by atoms with Gasteiger partial charge >= 0.3 is 0 Å². The molecule has 1 N–H and O–H groups in total. The summed E-state index contributed by atoms with van der Waals surface area (Å²) >= 11 is 0. The van der Waals surface area contributed by atoms with Gasteiger partial charge < -0.3 is 14.6 Å². The number of benzene rings is 1. The topological polar surface area (TPSA) is 41.9 Å². The molecule has 0 heterocycles. The number of likely N-dealkylation sites (N-methyl/N-ethyl adjacent to an activating group) is 1. The van der Waals surface area contributed by atoms with Crippen LogP contribution in [0.2, 0.25) is 0 Å². The second kappa shape index (κ2) is 9.90. The van der Waals surface area contributed by atoms with Crippen molar-refractivity contribution in [3.05, 3.63) is 35.9 Å². The molecule has 2 atom stereocenters. The molecule has 0 aliphatic rings. The minimum Gasteiger partial charge on any atom is -0.389 e. The Morgan fingerprint density at radius 2 is 1.76 bits per heavy atom. The van der Waals surface area contributed by atoms with Gasteiger partial charge in [-0.25, -0.2) is 0 Å². The second-order valence-electron chi connectivity index (χ2n) is 5.67. The highest BCUT2D eigenvalue weighted by Gasteiger charge is 2.15. The lowest BCUT2D eigenvalue weighted by atomic mass is 10.1. The van der Waals surface area contributed by atoms with E-state index >= 15 is 0 Å². The van der Waals surface area contributed by atoms with Crippen LogP contribution in [0.1, 0.15) is 32.4 Å². The van der Waals surface area contributed by atoms with Gasteiger partial charge in [-0.15, -0.1) is 0 Å². The molecule has 1 rings (SSSR count). The number of aliphatic hydroxyl groups excluding tert-OH is 1. The zero-order valence-electron chi connectivity index (χ0n) is 13.7. The number of ether oxygens (including phenoxy) is 2. The van der Waals surface area contributed by atoms with Gasteiger partial charge in [0.15, 0.2) is 0 Å². The van der Waals surface area contributed by atoms with Crippen molar-refractivity contribution in [2.45, 2.75) is 39.0 Å². The Morgan fingerprint density at radius 3 is 2.38 bits per heavy atom. The molecule has 1 aromatic carbocycles. The summed E-state index contributed by atoms with van der Waals surface area (Å²) in [5, 5.41) is 10.0. The molecule has 0 spiro atoms. The van der Waals surface area contributed by atoms with Gasteiger partial charge in [-0.2, -0.15) is 0 Å². The average Bonchev–Trinajstić information content (AvgIpc) is 2.46. The zero-order valence-corrected chi connectivity index (χ0v) is 13.7. The van der Waals surface area contributed by atoms with E-state index in [1.165, 1.54) is 5.56 Å². The monoisotopic (exact) mass is 295 g/mol. The average molecular weight is 295 g/mol. The summed E-state index contributed by atoms with van der Waals surface area (Å²) in [6.07, 6.45) is -0.267. The highest BCUT2D eigenvalue weighted by Crippen LogP contribution is 2.18. The van der Waals surface area contributed by atoms with Gasteiger partial charge in [0, 0.05) is 12.6 Å². The van der Waals surface area contributed by atoms with E-state index in [0.717, 1.165) is 0 Å². The van der Waals surface area contributed by atoms with E-state index in [9.17, 15) is 5.11 Å². The Bertz CT molecular complexity index is 370. The molecule has 21 heavy (non-hydrogen) atoms. The first kappa shape index (κ1) is 18.1. The minimum absolute atomic E-state index is 0.219. The molecule has 0 radical (unpaired) electrons. The van der Waals surface area contributed by atoms with Crippen molar-refractivity contribution < 1.29 is 14.6 Å². The van der Waals surface area contributed by atoms with Crippen LogP contribution in [-0.2, 0) is 9.47 Å². The van der Waals surface area contributed by atoms with Crippen molar-refractivity contribution in [1.29, 1.82) is 0 Å². The van der Waals surface area contributed by atoms with E-state index in [2.05, 4.69) is 24.0 Å². The molecule has 0 amide bonds. The van der Waals surface area contributed by atoms with E-state index < -0.39 is 6.10 Å². The van der Waals surface area contributed by atoms with E-state index in [4.69, 9.17) is 9.47 Å². The van der Waals surface area contributed by atoms with Gasteiger partial charge in [0.1, 0.15) is 0 Å². The van der Waals surface area contributed by atoms with Gasteiger partial charge in [0.25, 0.3) is 0 Å². The Balaban J connectivity index is 2.22. The van der Waals surface area contributed by atoms with Gasteiger partial charge in [-0.3, -0.25) is 4.90 Å². The number of rotatable bonds is 10. The molecule has 0 saturated carbocycles. The third-order valence-electron chi connectivity index (χ3n) is 3.43. The fourth-order valence-corrected chi connectivity index (χ4v) is 2.09. The predicted octanol–water partition coefficient (Wildman–Crippen LogP) is 2.48. The highest BCUT2D eigenvalue weighted by atomic mass is 16.5. The molecule has 0 bridgehead atoms. The fraction of sp³-hybridized carbons (Fsp3) is 0.647. The van der Waals surface area contributed by atoms with Crippen molar-refractivity contribution >= 4 is 0 Å². The third-order valence-corrected chi connectivity index (χ3v) is 3.43. The van der Waals surface area contributed by atoms with Crippen LogP contribution < -0.4 is 0 Å². The molecule has 0 saturated heterocycles. The zero-order chi connectivity index (χ0) is 15.7. The van der Waals surface area contributed by atoms with Crippen molar-refractivity contribution in [3.8, 4) is 0 Å². The Morgan fingerprint density at radius 1 is 1.10 bits per heavy atom. The summed E-state index contributed by atoms with van der Waals surface area (Å²) in [6, 6.07) is 10.6. The van der Waals surface area contributed by atoms with Gasteiger partial charge in [-0.1, -0.05) is 30.3 Å². The summed E-state index contributed by atoms with van der Waals surface area (Å²) in [7, 11) is 2.02. The van der Waals surface area contributed by atoms with Crippen LogP contribution in [0, 0.1) is 0 Å².